The van der Waals surface area contributed by atoms with Crippen LogP contribution in [-0.4, -0.2) is 32.7 Å². The molecule has 0 unspecified atom stereocenters. The third kappa shape index (κ3) is 2.66. The molecule has 100 valence electrons. The number of carbonyl (C=O) groups is 1. The maximum Gasteiger partial charge on any atom is 0.338 e. The van der Waals surface area contributed by atoms with E-state index in [4.69, 9.17) is 0 Å². The standard InChI is InChI=1S/C12H11NO4S2/c1-17-12(14)8-4-3-5-9(19(2,15)16)10(8)11-13-6-7-18-11/h3-7H,1-2H3. The molecule has 19 heavy (non-hydrogen) atoms. The summed E-state index contributed by atoms with van der Waals surface area (Å²) in [5, 5.41) is 2.19. The molecule has 2 aromatic rings. The van der Waals surface area contributed by atoms with Crippen LogP contribution in [0.5, 0.6) is 0 Å². The lowest BCUT2D eigenvalue weighted by Crippen LogP contribution is -2.08. The Bertz CT molecular complexity index is 705. The maximum absolute atomic E-state index is 11.8. The molecule has 0 N–H and O–H groups in total. The summed E-state index contributed by atoms with van der Waals surface area (Å²) >= 11 is 1.27. The van der Waals surface area contributed by atoms with Gasteiger partial charge in [-0.1, -0.05) is 6.07 Å². The van der Waals surface area contributed by atoms with Crippen molar-refractivity contribution in [2.24, 2.45) is 0 Å². The largest absolute Gasteiger partial charge is 0.465 e. The minimum absolute atomic E-state index is 0.0744. The molecule has 0 radical (unpaired) electrons. The van der Waals surface area contributed by atoms with E-state index in [2.05, 4.69) is 9.72 Å². The molecule has 0 spiro atoms. The quantitative estimate of drug-likeness (QED) is 0.810. The number of thiazole rings is 1. The number of ether oxygens (including phenoxy) is 1. The molecule has 0 aliphatic carbocycles. The normalized spacial score (nSPS) is 11.3. The highest BCUT2D eigenvalue weighted by molar-refractivity contribution is 7.90. The van der Waals surface area contributed by atoms with Crippen LogP contribution in [0.1, 0.15) is 10.4 Å². The van der Waals surface area contributed by atoms with Crippen LogP contribution < -0.4 is 0 Å². The minimum atomic E-state index is -3.46. The number of rotatable bonds is 3. The zero-order valence-corrected chi connectivity index (χ0v) is 11.9. The van der Waals surface area contributed by atoms with Crippen LogP contribution in [0.3, 0.4) is 0 Å². The Morgan fingerprint density at radius 2 is 2.11 bits per heavy atom. The number of hydrogen-bond donors (Lipinski definition) is 0. The predicted octanol–water partition coefficient (Wildman–Crippen LogP) is 2.00. The number of benzene rings is 1. The first-order valence-electron chi connectivity index (χ1n) is 5.26. The Kier molecular flexibility index (Phi) is 3.68. The van der Waals surface area contributed by atoms with Crippen molar-refractivity contribution in [3.63, 3.8) is 0 Å². The van der Waals surface area contributed by atoms with E-state index in [9.17, 15) is 13.2 Å². The van der Waals surface area contributed by atoms with E-state index in [1.54, 1.807) is 11.6 Å². The van der Waals surface area contributed by atoms with E-state index in [0.717, 1.165) is 6.26 Å². The molecule has 0 aliphatic heterocycles. The highest BCUT2D eigenvalue weighted by Gasteiger charge is 2.23. The molecule has 0 saturated carbocycles. The molecule has 7 heteroatoms. The van der Waals surface area contributed by atoms with Gasteiger partial charge >= 0.3 is 5.97 Å². The number of sulfone groups is 1. The Morgan fingerprint density at radius 1 is 1.37 bits per heavy atom. The molecule has 2 rings (SSSR count). The third-order valence-corrected chi connectivity index (χ3v) is 4.41. The fourth-order valence-electron chi connectivity index (χ4n) is 1.69. The van der Waals surface area contributed by atoms with Crippen molar-refractivity contribution >= 4 is 27.1 Å². The van der Waals surface area contributed by atoms with Gasteiger partial charge in [0.15, 0.2) is 9.84 Å². The van der Waals surface area contributed by atoms with Gasteiger partial charge in [-0.3, -0.25) is 0 Å². The topological polar surface area (TPSA) is 73.3 Å². The van der Waals surface area contributed by atoms with Crippen LogP contribution in [0, 0.1) is 0 Å². The van der Waals surface area contributed by atoms with Crippen LogP contribution in [-0.2, 0) is 14.6 Å². The van der Waals surface area contributed by atoms with E-state index < -0.39 is 15.8 Å². The van der Waals surface area contributed by atoms with Gasteiger partial charge in [0.2, 0.25) is 0 Å². The summed E-state index contributed by atoms with van der Waals surface area (Å²) in [6, 6.07) is 4.50. The summed E-state index contributed by atoms with van der Waals surface area (Å²) < 4.78 is 28.4. The molecule has 1 heterocycles. The molecular weight excluding hydrogens is 286 g/mol. The van der Waals surface area contributed by atoms with Crippen molar-refractivity contribution in [2.45, 2.75) is 4.90 Å². The SMILES string of the molecule is COC(=O)c1cccc(S(C)(=O)=O)c1-c1nccs1. The molecular formula is C12H11NO4S2. The highest BCUT2D eigenvalue weighted by Crippen LogP contribution is 2.32. The predicted molar refractivity (Wildman–Crippen MR) is 72.0 cm³/mol. The van der Waals surface area contributed by atoms with Crippen LogP contribution in [0.2, 0.25) is 0 Å². The Labute approximate surface area is 114 Å². The van der Waals surface area contributed by atoms with Gasteiger partial charge in [-0.2, -0.15) is 0 Å². The van der Waals surface area contributed by atoms with Crippen LogP contribution >= 0.6 is 11.3 Å². The van der Waals surface area contributed by atoms with Crippen molar-refractivity contribution in [1.82, 2.24) is 4.98 Å². The second-order valence-corrected chi connectivity index (χ2v) is 6.66. The Morgan fingerprint density at radius 3 is 2.63 bits per heavy atom. The monoisotopic (exact) mass is 297 g/mol. The highest BCUT2D eigenvalue weighted by atomic mass is 32.2. The van der Waals surface area contributed by atoms with E-state index in [0.29, 0.717) is 10.6 Å². The molecule has 5 nitrogen and oxygen atoms in total. The van der Waals surface area contributed by atoms with Crippen molar-refractivity contribution < 1.29 is 17.9 Å². The van der Waals surface area contributed by atoms with Gasteiger partial charge in [0, 0.05) is 23.4 Å². The first-order valence-corrected chi connectivity index (χ1v) is 8.03. The lowest BCUT2D eigenvalue weighted by molar-refractivity contribution is 0.0601. The average molecular weight is 297 g/mol. The summed E-state index contributed by atoms with van der Waals surface area (Å²) in [4.78, 5) is 15.9. The number of nitrogens with zero attached hydrogens (tertiary/aromatic N) is 1. The smallest absolute Gasteiger partial charge is 0.338 e. The summed E-state index contributed by atoms with van der Waals surface area (Å²) in [6.45, 7) is 0. The molecule has 1 aromatic carbocycles. The molecule has 0 amide bonds. The number of aromatic nitrogens is 1. The van der Waals surface area contributed by atoms with E-state index >= 15 is 0 Å². The van der Waals surface area contributed by atoms with Gasteiger partial charge in [-0.05, 0) is 12.1 Å². The van der Waals surface area contributed by atoms with Gasteiger partial charge in [-0.25, -0.2) is 18.2 Å². The van der Waals surface area contributed by atoms with Crippen molar-refractivity contribution in [3.05, 3.63) is 35.3 Å². The average Bonchev–Trinajstić information content (AvgIpc) is 2.89. The zero-order valence-electron chi connectivity index (χ0n) is 10.3. The van der Waals surface area contributed by atoms with E-state index in [-0.39, 0.29) is 10.5 Å². The summed E-state index contributed by atoms with van der Waals surface area (Å²) in [7, 11) is -2.21. The van der Waals surface area contributed by atoms with Crippen molar-refractivity contribution in [2.75, 3.05) is 13.4 Å². The molecule has 0 aliphatic rings. The van der Waals surface area contributed by atoms with Gasteiger partial charge in [0.25, 0.3) is 0 Å². The first kappa shape index (κ1) is 13.7. The molecule has 0 atom stereocenters. The van der Waals surface area contributed by atoms with Crippen molar-refractivity contribution in [3.8, 4) is 10.6 Å². The summed E-state index contributed by atoms with van der Waals surface area (Å²) in [5.41, 5.74) is 0.493. The number of hydrogen-bond acceptors (Lipinski definition) is 6. The van der Waals surface area contributed by atoms with Crippen LogP contribution in [0.4, 0.5) is 0 Å². The van der Waals surface area contributed by atoms with Gasteiger partial charge in [-0.15, -0.1) is 11.3 Å². The zero-order chi connectivity index (χ0) is 14.0. The molecule has 0 saturated heterocycles. The van der Waals surface area contributed by atoms with Gasteiger partial charge < -0.3 is 4.74 Å². The van der Waals surface area contributed by atoms with E-state index in [1.165, 1.54) is 36.6 Å². The number of carbonyl (C=O) groups excluding carboxylic acids is 1. The van der Waals surface area contributed by atoms with Crippen LogP contribution in [0.25, 0.3) is 10.6 Å². The Hall–Kier alpha value is -1.73. The van der Waals surface area contributed by atoms with E-state index in [1.807, 2.05) is 0 Å². The molecule has 0 fully saturated rings. The number of esters is 1. The Balaban J connectivity index is 2.81. The first-order chi connectivity index (χ1) is 8.95. The minimum Gasteiger partial charge on any atom is -0.465 e. The summed E-state index contributed by atoms with van der Waals surface area (Å²) in [5.74, 6) is -0.587. The number of methoxy groups -OCH3 is 1. The fourth-order valence-corrected chi connectivity index (χ4v) is 3.37. The molecule has 1 aromatic heterocycles. The third-order valence-electron chi connectivity index (χ3n) is 2.48. The molecule has 0 bridgehead atoms. The van der Waals surface area contributed by atoms with Gasteiger partial charge in [0.05, 0.1) is 17.6 Å². The second-order valence-electron chi connectivity index (χ2n) is 3.78. The second kappa shape index (κ2) is 5.10. The maximum atomic E-state index is 11.8. The fraction of sp³-hybridized carbons (Fsp3) is 0.167. The van der Waals surface area contributed by atoms with Gasteiger partial charge in [0.1, 0.15) is 5.01 Å². The lowest BCUT2D eigenvalue weighted by atomic mass is 10.1. The lowest BCUT2D eigenvalue weighted by Gasteiger charge is -2.10. The van der Waals surface area contributed by atoms with Crippen LogP contribution in [0.15, 0.2) is 34.7 Å². The van der Waals surface area contributed by atoms with Crippen molar-refractivity contribution in [1.29, 1.82) is 0 Å². The summed E-state index contributed by atoms with van der Waals surface area (Å²) in [6.07, 6.45) is 2.65.